The highest BCUT2D eigenvalue weighted by Gasteiger charge is 2.10. The van der Waals surface area contributed by atoms with Crippen molar-refractivity contribution in [3.63, 3.8) is 0 Å². The topological polar surface area (TPSA) is 12.9 Å². The van der Waals surface area contributed by atoms with Crippen LogP contribution in [0.3, 0.4) is 0 Å². The number of aromatic nitrogens is 1. The Balaban J connectivity index is 2.35. The van der Waals surface area contributed by atoms with Crippen molar-refractivity contribution < 1.29 is 0 Å². The van der Waals surface area contributed by atoms with E-state index in [-0.39, 0.29) is 0 Å². The summed E-state index contributed by atoms with van der Waals surface area (Å²) in [7, 11) is 0. The van der Waals surface area contributed by atoms with Crippen LogP contribution in [-0.4, -0.2) is 4.98 Å². The van der Waals surface area contributed by atoms with Gasteiger partial charge in [0.15, 0.2) is 0 Å². The van der Waals surface area contributed by atoms with Crippen molar-refractivity contribution in [1.82, 2.24) is 4.98 Å². The average Bonchev–Trinajstić information content (AvgIpc) is 2.44. The summed E-state index contributed by atoms with van der Waals surface area (Å²) >= 11 is 12.7. The first kappa shape index (κ1) is 11.5. The molecule has 18 heavy (non-hydrogen) atoms. The van der Waals surface area contributed by atoms with Gasteiger partial charge >= 0.3 is 0 Å². The maximum atomic E-state index is 6.45. The van der Waals surface area contributed by atoms with Crippen molar-refractivity contribution in [2.24, 2.45) is 0 Å². The minimum absolute atomic E-state index is 0.689. The number of benzene rings is 2. The van der Waals surface area contributed by atoms with E-state index < -0.39 is 0 Å². The van der Waals surface area contributed by atoms with Crippen LogP contribution in [0.4, 0.5) is 0 Å². The van der Waals surface area contributed by atoms with Gasteiger partial charge in [-0.1, -0.05) is 53.5 Å². The first-order chi connectivity index (χ1) is 8.77. The summed E-state index contributed by atoms with van der Waals surface area (Å²) in [5, 5.41) is 3.19. The van der Waals surface area contributed by atoms with Gasteiger partial charge in [-0.25, -0.2) is 0 Å². The Bertz CT molecular complexity index is 708. The lowest BCUT2D eigenvalue weighted by Crippen LogP contribution is -1.84. The molecule has 0 N–H and O–H groups in total. The molecule has 0 radical (unpaired) electrons. The normalized spacial score (nSPS) is 10.8. The van der Waals surface area contributed by atoms with E-state index in [9.17, 15) is 0 Å². The van der Waals surface area contributed by atoms with E-state index in [4.69, 9.17) is 23.2 Å². The highest BCUT2D eigenvalue weighted by atomic mass is 35.5. The molecule has 0 unspecified atom stereocenters. The molecule has 3 aromatic rings. The van der Waals surface area contributed by atoms with E-state index in [1.54, 1.807) is 12.4 Å². The Labute approximate surface area is 115 Å². The first-order valence-corrected chi connectivity index (χ1v) is 6.30. The maximum Gasteiger partial charge on any atom is 0.0579 e. The third kappa shape index (κ3) is 1.86. The van der Waals surface area contributed by atoms with E-state index in [2.05, 4.69) is 4.98 Å². The second kappa shape index (κ2) is 4.60. The fourth-order valence-corrected chi connectivity index (χ4v) is 2.61. The molecule has 3 heteroatoms. The second-order valence-electron chi connectivity index (χ2n) is 4.01. The number of pyridine rings is 1. The van der Waals surface area contributed by atoms with Crippen molar-refractivity contribution in [2.75, 3.05) is 0 Å². The van der Waals surface area contributed by atoms with Gasteiger partial charge in [-0.3, -0.25) is 4.98 Å². The third-order valence-corrected chi connectivity index (χ3v) is 3.63. The fraction of sp³-hybridized carbons (Fsp3) is 0. The molecule has 0 fully saturated rings. The van der Waals surface area contributed by atoms with Gasteiger partial charge in [-0.05, 0) is 17.7 Å². The molecule has 0 aliphatic heterocycles. The third-order valence-electron chi connectivity index (χ3n) is 2.91. The van der Waals surface area contributed by atoms with Gasteiger partial charge in [0.1, 0.15) is 0 Å². The summed E-state index contributed by atoms with van der Waals surface area (Å²) < 4.78 is 0. The molecule has 1 heterocycles. The van der Waals surface area contributed by atoms with Crippen LogP contribution < -0.4 is 0 Å². The Morgan fingerprint density at radius 2 is 1.67 bits per heavy atom. The van der Waals surface area contributed by atoms with Crippen molar-refractivity contribution >= 4 is 34.0 Å². The molecular formula is C15H9Cl2N. The van der Waals surface area contributed by atoms with Crippen LogP contribution in [0.1, 0.15) is 0 Å². The first-order valence-electron chi connectivity index (χ1n) is 5.54. The Hall–Kier alpha value is -1.57. The quantitative estimate of drug-likeness (QED) is 0.593. The lowest BCUT2D eigenvalue weighted by Gasteiger charge is -2.09. The zero-order chi connectivity index (χ0) is 12.5. The predicted octanol–water partition coefficient (Wildman–Crippen LogP) is 5.21. The number of fused-ring (bicyclic) bond motifs is 1. The number of hydrogen-bond donors (Lipinski definition) is 0. The lowest BCUT2D eigenvalue weighted by molar-refractivity contribution is 1.36. The van der Waals surface area contributed by atoms with Crippen LogP contribution >= 0.6 is 23.2 Å². The molecule has 0 atom stereocenters. The van der Waals surface area contributed by atoms with E-state index in [0.717, 1.165) is 21.9 Å². The van der Waals surface area contributed by atoms with Crippen LogP contribution in [0.2, 0.25) is 10.0 Å². The van der Waals surface area contributed by atoms with Crippen LogP contribution in [0.15, 0.2) is 54.9 Å². The molecule has 0 aliphatic rings. The molecule has 0 bridgehead atoms. The average molecular weight is 274 g/mol. The number of nitrogens with zero attached hydrogens (tertiary/aromatic N) is 1. The fourth-order valence-electron chi connectivity index (χ4n) is 2.02. The smallest absolute Gasteiger partial charge is 0.0579 e. The van der Waals surface area contributed by atoms with Gasteiger partial charge in [0.05, 0.1) is 5.02 Å². The van der Waals surface area contributed by atoms with E-state index >= 15 is 0 Å². The summed E-state index contributed by atoms with van der Waals surface area (Å²) in [6, 6.07) is 13.7. The molecular weight excluding hydrogens is 265 g/mol. The van der Waals surface area contributed by atoms with Crippen molar-refractivity contribution in [3.8, 4) is 11.1 Å². The Kier molecular flexibility index (Phi) is 2.94. The molecule has 0 amide bonds. The molecule has 1 nitrogen and oxygen atoms in total. The molecule has 0 spiro atoms. The zero-order valence-corrected chi connectivity index (χ0v) is 10.9. The largest absolute Gasteiger partial charge is 0.264 e. The summed E-state index contributed by atoms with van der Waals surface area (Å²) in [6.45, 7) is 0. The van der Waals surface area contributed by atoms with Gasteiger partial charge in [-0.2, -0.15) is 0 Å². The highest BCUT2D eigenvalue weighted by molar-refractivity contribution is 6.42. The van der Waals surface area contributed by atoms with Crippen LogP contribution in [-0.2, 0) is 0 Å². The van der Waals surface area contributed by atoms with E-state index in [1.807, 2.05) is 42.5 Å². The number of hydrogen-bond acceptors (Lipinski definition) is 1. The van der Waals surface area contributed by atoms with Crippen LogP contribution in [0.5, 0.6) is 0 Å². The minimum Gasteiger partial charge on any atom is -0.264 e. The van der Waals surface area contributed by atoms with Gasteiger partial charge < -0.3 is 0 Å². The molecule has 0 aliphatic carbocycles. The van der Waals surface area contributed by atoms with Crippen molar-refractivity contribution in [3.05, 3.63) is 64.9 Å². The monoisotopic (exact) mass is 273 g/mol. The second-order valence-corrected chi connectivity index (χ2v) is 4.79. The summed E-state index contributed by atoms with van der Waals surface area (Å²) in [6.07, 6.45) is 3.46. The zero-order valence-electron chi connectivity index (χ0n) is 9.40. The van der Waals surface area contributed by atoms with Gasteiger partial charge in [-0.15, -0.1) is 0 Å². The summed E-state index contributed by atoms with van der Waals surface area (Å²) in [4.78, 5) is 4.11. The van der Waals surface area contributed by atoms with Crippen molar-refractivity contribution in [2.45, 2.75) is 0 Å². The molecule has 0 saturated carbocycles. The lowest BCUT2D eigenvalue weighted by atomic mass is 10.0. The molecule has 0 saturated heterocycles. The van der Waals surface area contributed by atoms with Crippen LogP contribution in [0, 0.1) is 0 Å². The van der Waals surface area contributed by atoms with Gasteiger partial charge in [0, 0.05) is 33.8 Å². The number of halogens is 2. The molecule has 1 aromatic heterocycles. The summed E-state index contributed by atoms with van der Waals surface area (Å²) in [5.74, 6) is 0. The van der Waals surface area contributed by atoms with Crippen LogP contribution in [0.25, 0.3) is 21.9 Å². The standard InChI is InChI=1S/C15H9Cl2N/c16-14-8-12(10-4-2-1-3-5-10)15(17)13-9-18-7-6-11(13)14/h1-9H. The summed E-state index contributed by atoms with van der Waals surface area (Å²) in [5.41, 5.74) is 1.98. The molecule has 2 aromatic carbocycles. The van der Waals surface area contributed by atoms with Gasteiger partial charge in [0.25, 0.3) is 0 Å². The minimum atomic E-state index is 0.689. The highest BCUT2D eigenvalue weighted by Crippen LogP contribution is 2.37. The predicted molar refractivity (Wildman–Crippen MR) is 77.2 cm³/mol. The number of rotatable bonds is 1. The Morgan fingerprint density at radius 3 is 2.44 bits per heavy atom. The maximum absolute atomic E-state index is 6.45. The molecule has 3 rings (SSSR count). The van der Waals surface area contributed by atoms with Gasteiger partial charge in [0.2, 0.25) is 0 Å². The molecule has 88 valence electrons. The van der Waals surface area contributed by atoms with Crippen molar-refractivity contribution in [1.29, 1.82) is 0 Å². The Morgan fingerprint density at radius 1 is 0.889 bits per heavy atom. The SMILES string of the molecule is Clc1cc(-c2ccccc2)c(Cl)c2cnccc12. The van der Waals surface area contributed by atoms with E-state index in [0.29, 0.717) is 10.0 Å². The van der Waals surface area contributed by atoms with E-state index in [1.165, 1.54) is 0 Å².